The van der Waals surface area contributed by atoms with Crippen molar-refractivity contribution >= 4 is 56.9 Å². The smallest absolute Gasteiger partial charge is 0.283 e. The van der Waals surface area contributed by atoms with Crippen LogP contribution in [0.5, 0.6) is 0 Å². The van der Waals surface area contributed by atoms with Crippen LogP contribution in [-0.4, -0.2) is 26.2 Å². The number of amides is 1. The SMILES string of the molecule is Cc1ccc(NC(=O)CSc2nc3c([nH]c4ccccc43)c(=O)n2-c2ccc(Cl)cc2)c(C)c1. The molecule has 0 aliphatic heterocycles. The highest BCUT2D eigenvalue weighted by Gasteiger charge is 2.18. The van der Waals surface area contributed by atoms with Gasteiger partial charge in [-0.3, -0.25) is 14.2 Å². The Hall–Kier alpha value is -3.55. The number of nitrogens with one attached hydrogen (secondary N) is 2. The summed E-state index contributed by atoms with van der Waals surface area (Å²) in [5.74, 6) is -0.0748. The monoisotopic (exact) mass is 488 g/mol. The third-order valence-corrected chi connectivity index (χ3v) is 6.76. The van der Waals surface area contributed by atoms with E-state index in [2.05, 4.69) is 10.3 Å². The first-order valence-electron chi connectivity index (χ1n) is 10.7. The van der Waals surface area contributed by atoms with Crippen molar-refractivity contribution in [1.82, 2.24) is 14.5 Å². The largest absolute Gasteiger partial charge is 0.349 e. The maximum absolute atomic E-state index is 13.6. The number of anilines is 1. The van der Waals surface area contributed by atoms with Crippen LogP contribution in [0.2, 0.25) is 5.02 Å². The minimum Gasteiger partial charge on any atom is -0.349 e. The van der Waals surface area contributed by atoms with E-state index in [9.17, 15) is 9.59 Å². The number of fused-ring (bicyclic) bond motifs is 3. The summed E-state index contributed by atoms with van der Waals surface area (Å²) in [4.78, 5) is 34.3. The number of aromatic amines is 1. The highest BCUT2D eigenvalue weighted by Crippen LogP contribution is 2.27. The molecular formula is C26H21ClN4O2S. The van der Waals surface area contributed by atoms with Crippen LogP contribution >= 0.6 is 23.4 Å². The standard InChI is InChI=1S/C26H21ClN4O2S/c1-15-7-12-20(16(2)13-15)28-22(32)14-34-26-30-23-19-5-3-4-6-21(19)29-24(23)25(33)31(26)18-10-8-17(27)9-11-18/h3-13,29H,14H2,1-2H3,(H,28,32). The van der Waals surface area contributed by atoms with Gasteiger partial charge in [0.1, 0.15) is 11.0 Å². The topological polar surface area (TPSA) is 79.8 Å². The third-order valence-electron chi connectivity index (χ3n) is 5.57. The average molecular weight is 489 g/mol. The second-order valence-electron chi connectivity index (χ2n) is 8.06. The van der Waals surface area contributed by atoms with Crippen LogP contribution in [0.4, 0.5) is 5.69 Å². The van der Waals surface area contributed by atoms with Crippen LogP contribution in [0.25, 0.3) is 27.6 Å². The van der Waals surface area contributed by atoms with Gasteiger partial charge in [-0.05, 0) is 55.8 Å². The molecule has 0 fully saturated rings. The number of hydrogen-bond acceptors (Lipinski definition) is 4. The molecule has 0 unspecified atom stereocenters. The molecular weight excluding hydrogens is 468 g/mol. The van der Waals surface area contributed by atoms with Crippen molar-refractivity contribution in [3.63, 3.8) is 0 Å². The molecule has 2 aromatic heterocycles. The molecule has 0 aliphatic rings. The van der Waals surface area contributed by atoms with E-state index in [0.29, 0.717) is 26.9 Å². The van der Waals surface area contributed by atoms with Crippen LogP contribution in [0, 0.1) is 13.8 Å². The number of benzene rings is 3. The van der Waals surface area contributed by atoms with Crippen molar-refractivity contribution in [3.05, 3.63) is 93.2 Å². The van der Waals surface area contributed by atoms with Gasteiger partial charge in [-0.15, -0.1) is 0 Å². The third kappa shape index (κ3) is 4.20. The van der Waals surface area contributed by atoms with Gasteiger partial charge in [-0.2, -0.15) is 0 Å². The minimum absolute atomic E-state index is 0.0984. The predicted molar refractivity (Wildman–Crippen MR) is 139 cm³/mol. The van der Waals surface area contributed by atoms with E-state index in [1.165, 1.54) is 16.3 Å². The number of aryl methyl sites for hydroxylation is 2. The lowest BCUT2D eigenvalue weighted by Gasteiger charge is -2.13. The zero-order valence-corrected chi connectivity index (χ0v) is 20.1. The summed E-state index contributed by atoms with van der Waals surface area (Å²) in [6, 6.07) is 20.5. The van der Waals surface area contributed by atoms with Crippen molar-refractivity contribution in [3.8, 4) is 5.69 Å². The summed E-state index contributed by atoms with van der Waals surface area (Å²) in [7, 11) is 0. The number of rotatable bonds is 5. The normalized spacial score (nSPS) is 11.3. The first-order valence-corrected chi connectivity index (χ1v) is 12.1. The number of H-pyrrole nitrogens is 1. The van der Waals surface area contributed by atoms with Crippen LogP contribution in [0.15, 0.2) is 76.7 Å². The molecule has 5 aromatic rings. The lowest BCUT2D eigenvalue weighted by atomic mass is 10.1. The Kier molecular flexibility index (Phi) is 5.89. The molecule has 0 radical (unpaired) electrons. The van der Waals surface area contributed by atoms with Crippen molar-refractivity contribution in [2.45, 2.75) is 19.0 Å². The number of nitrogens with zero attached hydrogens (tertiary/aromatic N) is 2. The van der Waals surface area contributed by atoms with Crippen LogP contribution in [0.3, 0.4) is 0 Å². The van der Waals surface area contributed by atoms with Gasteiger partial charge in [-0.25, -0.2) is 4.98 Å². The summed E-state index contributed by atoms with van der Waals surface area (Å²) in [6.07, 6.45) is 0. The van der Waals surface area contributed by atoms with Gasteiger partial charge in [0.05, 0.1) is 11.4 Å². The first kappa shape index (κ1) is 22.3. The Balaban J connectivity index is 1.54. The fourth-order valence-electron chi connectivity index (χ4n) is 3.93. The van der Waals surface area contributed by atoms with Gasteiger partial charge >= 0.3 is 0 Å². The maximum Gasteiger partial charge on any atom is 0.283 e. The number of aromatic nitrogens is 3. The van der Waals surface area contributed by atoms with Gasteiger partial charge in [0, 0.05) is 21.6 Å². The van der Waals surface area contributed by atoms with Crippen molar-refractivity contribution < 1.29 is 4.79 Å². The van der Waals surface area contributed by atoms with Gasteiger partial charge < -0.3 is 10.3 Å². The Bertz CT molecular complexity index is 1610. The molecule has 3 aromatic carbocycles. The Labute approximate surface area is 205 Å². The van der Waals surface area contributed by atoms with E-state index in [1.54, 1.807) is 24.3 Å². The molecule has 8 heteroatoms. The molecule has 34 heavy (non-hydrogen) atoms. The number of carbonyl (C=O) groups is 1. The zero-order valence-electron chi connectivity index (χ0n) is 18.6. The van der Waals surface area contributed by atoms with Crippen LogP contribution in [-0.2, 0) is 4.79 Å². The molecule has 0 saturated heterocycles. The number of hydrogen-bond donors (Lipinski definition) is 2. The first-order chi connectivity index (χ1) is 16.4. The van der Waals surface area contributed by atoms with E-state index < -0.39 is 0 Å². The van der Waals surface area contributed by atoms with E-state index in [1.807, 2.05) is 56.3 Å². The predicted octanol–water partition coefficient (Wildman–Crippen LogP) is 5.87. The maximum atomic E-state index is 13.6. The molecule has 0 atom stereocenters. The average Bonchev–Trinajstić information content (AvgIpc) is 3.20. The van der Waals surface area contributed by atoms with Gasteiger partial charge in [-0.1, -0.05) is 59.3 Å². The minimum atomic E-state index is -0.235. The van der Waals surface area contributed by atoms with Crippen molar-refractivity contribution in [1.29, 1.82) is 0 Å². The quantitative estimate of drug-likeness (QED) is 0.239. The molecule has 0 spiro atoms. The Morgan fingerprint density at radius 2 is 1.85 bits per heavy atom. The van der Waals surface area contributed by atoms with E-state index in [0.717, 1.165) is 27.7 Å². The molecule has 0 saturated carbocycles. The van der Waals surface area contributed by atoms with Crippen molar-refractivity contribution in [2.75, 3.05) is 11.1 Å². The fraction of sp³-hybridized carbons (Fsp3) is 0.115. The fourth-order valence-corrected chi connectivity index (χ4v) is 4.86. The van der Waals surface area contributed by atoms with Gasteiger partial charge in [0.15, 0.2) is 5.16 Å². The van der Waals surface area contributed by atoms with Gasteiger partial charge in [0.2, 0.25) is 5.91 Å². The van der Waals surface area contributed by atoms with Crippen LogP contribution in [0.1, 0.15) is 11.1 Å². The highest BCUT2D eigenvalue weighted by atomic mass is 35.5. The van der Waals surface area contributed by atoms with Crippen molar-refractivity contribution in [2.24, 2.45) is 0 Å². The summed E-state index contributed by atoms with van der Waals surface area (Å²) < 4.78 is 1.52. The van der Waals surface area contributed by atoms with Gasteiger partial charge in [0.25, 0.3) is 5.56 Å². The summed E-state index contributed by atoms with van der Waals surface area (Å²) in [5.41, 5.74) is 5.12. The molecule has 1 amide bonds. The summed E-state index contributed by atoms with van der Waals surface area (Å²) >= 11 is 7.28. The zero-order chi connectivity index (χ0) is 23.8. The van der Waals surface area contributed by atoms with E-state index >= 15 is 0 Å². The number of carbonyl (C=O) groups excluding carboxylic acids is 1. The summed E-state index contributed by atoms with van der Waals surface area (Å²) in [5, 5.41) is 4.81. The highest BCUT2D eigenvalue weighted by molar-refractivity contribution is 7.99. The summed E-state index contributed by atoms with van der Waals surface area (Å²) in [6.45, 7) is 3.97. The van der Waals surface area contributed by atoms with Crippen LogP contribution < -0.4 is 10.9 Å². The number of halogens is 1. The molecule has 2 heterocycles. The molecule has 0 bridgehead atoms. The Morgan fingerprint density at radius 3 is 2.62 bits per heavy atom. The number of para-hydroxylation sites is 1. The number of thioether (sulfide) groups is 1. The van der Waals surface area contributed by atoms with E-state index in [-0.39, 0.29) is 17.2 Å². The second kappa shape index (κ2) is 9.00. The molecule has 2 N–H and O–H groups in total. The lowest BCUT2D eigenvalue weighted by Crippen LogP contribution is -2.23. The molecule has 6 nitrogen and oxygen atoms in total. The second-order valence-corrected chi connectivity index (χ2v) is 9.44. The molecule has 0 aliphatic carbocycles. The van der Waals surface area contributed by atoms with E-state index in [4.69, 9.17) is 16.6 Å². The molecule has 170 valence electrons. The molecule has 5 rings (SSSR count). The Morgan fingerprint density at radius 1 is 1.09 bits per heavy atom. The lowest BCUT2D eigenvalue weighted by molar-refractivity contribution is -0.113.